The molecule has 1 nitrogen and oxygen atoms in total. The summed E-state index contributed by atoms with van der Waals surface area (Å²) < 4.78 is 4.95. The highest BCUT2D eigenvalue weighted by Crippen LogP contribution is 1.96. The molecule has 0 heterocycles. The maximum Gasteiger partial charge on any atom is 0.0543 e. The molecule has 0 fully saturated rings. The minimum absolute atomic E-state index is 0.387. The van der Waals surface area contributed by atoms with E-state index >= 15 is 0 Å². The molecule has 0 aliphatic heterocycles. The topological polar surface area (TPSA) is 9.23 Å². The number of hydrogen-bond donors (Lipinski definition) is 0. The zero-order valence-corrected chi connectivity index (χ0v) is 5.11. The SMILES string of the molecule is [CH2]CCC(C)OC. The molecular formula is C6H13O. The maximum absolute atomic E-state index is 4.95. The van der Waals surface area contributed by atoms with Gasteiger partial charge in [-0.2, -0.15) is 0 Å². The summed E-state index contributed by atoms with van der Waals surface area (Å²) in [4.78, 5) is 0. The summed E-state index contributed by atoms with van der Waals surface area (Å²) in [5, 5.41) is 0. The second-order valence-electron chi connectivity index (χ2n) is 1.69. The summed E-state index contributed by atoms with van der Waals surface area (Å²) >= 11 is 0. The first-order valence-corrected chi connectivity index (χ1v) is 2.63. The van der Waals surface area contributed by atoms with Crippen LogP contribution in [0.15, 0.2) is 0 Å². The minimum atomic E-state index is 0.387. The lowest BCUT2D eigenvalue weighted by Crippen LogP contribution is -2.02. The van der Waals surface area contributed by atoms with Crippen LogP contribution in [0.5, 0.6) is 0 Å². The highest BCUT2D eigenvalue weighted by molar-refractivity contribution is 4.48. The molecule has 0 bridgehead atoms. The Morgan fingerprint density at radius 1 is 1.71 bits per heavy atom. The van der Waals surface area contributed by atoms with Gasteiger partial charge in [-0.1, -0.05) is 13.3 Å². The van der Waals surface area contributed by atoms with Crippen molar-refractivity contribution in [2.24, 2.45) is 0 Å². The van der Waals surface area contributed by atoms with Crippen LogP contribution in [0.4, 0.5) is 0 Å². The van der Waals surface area contributed by atoms with Crippen LogP contribution in [0.2, 0.25) is 0 Å². The first kappa shape index (κ1) is 6.96. The summed E-state index contributed by atoms with van der Waals surface area (Å²) in [5.41, 5.74) is 0. The summed E-state index contributed by atoms with van der Waals surface area (Å²) in [6.45, 7) is 5.74. The first-order chi connectivity index (χ1) is 3.31. The Morgan fingerprint density at radius 3 is 2.43 bits per heavy atom. The predicted octanol–water partition coefficient (Wildman–Crippen LogP) is 1.64. The van der Waals surface area contributed by atoms with Crippen molar-refractivity contribution in [3.8, 4) is 0 Å². The fraction of sp³-hybridized carbons (Fsp3) is 0.833. The van der Waals surface area contributed by atoms with Crippen LogP contribution in [-0.2, 0) is 4.74 Å². The molecule has 0 rings (SSSR count). The molecule has 0 aliphatic rings. The van der Waals surface area contributed by atoms with Gasteiger partial charge in [0, 0.05) is 7.11 Å². The lowest BCUT2D eigenvalue weighted by molar-refractivity contribution is 0.112. The van der Waals surface area contributed by atoms with Crippen molar-refractivity contribution < 1.29 is 4.74 Å². The van der Waals surface area contributed by atoms with E-state index in [-0.39, 0.29) is 0 Å². The number of ether oxygens (including phenoxy) is 1. The molecule has 0 aliphatic carbocycles. The van der Waals surface area contributed by atoms with Crippen molar-refractivity contribution in [2.45, 2.75) is 25.9 Å². The maximum atomic E-state index is 4.95. The minimum Gasteiger partial charge on any atom is -0.382 e. The highest BCUT2D eigenvalue weighted by Gasteiger charge is 1.92. The third-order valence-corrected chi connectivity index (χ3v) is 1.01. The van der Waals surface area contributed by atoms with Crippen LogP contribution in [0.1, 0.15) is 19.8 Å². The number of rotatable bonds is 3. The van der Waals surface area contributed by atoms with Gasteiger partial charge in [0.2, 0.25) is 0 Å². The molecule has 7 heavy (non-hydrogen) atoms. The Labute approximate surface area is 45.7 Å². The van der Waals surface area contributed by atoms with E-state index in [1.807, 2.05) is 6.92 Å². The monoisotopic (exact) mass is 101 g/mol. The van der Waals surface area contributed by atoms with Crippen LogP contribution < -0.4 is 0 Å². The van der Waals surface area contributed by atoms with E-state index in [4.69, 9.17) is 4.74 Å². The van der Waals surface area contributed by atoms with Crippen molar-refractivity contribution in [2.75, 3.05) is 7.11 Å². The normalized spacial score (nSPS) is 14.1. The Kier molecular flexibility index (Phi) is 4.10. The predicted molar refractivity (Wildman–Crippen MR) is 31.1 cm³/mol. The average molecular weight is 101 g/mol. The summed E-state index contributed by atoms with van der Waals surface area (Å²) in [7, 11) is 1.72. The second kappa shape index (κ2) is 4.13. The van der Waals surface area contributed by atoms with E-state index < -0.39 is 0 Å². The van der Waals surface area contributed by atoms with Crippen LogP contribution in [0.25, 0.3) is 0 Å². The molecular weight excluding hydrogens is 88.1 g/mol. The van der Waals surface area contributed by atoms with Crippen molar-refractivity contribution >= 4 is 0 Å². The molecule has 0 saturated carbocycles. The van der Waals surface area contributed by atoms with Gasteiger partial charge in [0.05, 0.1) is 6.10 Å². The fourth-order valence-corrected chi connectivity index (χ4v) is 0.405. The lowest BCUT2D eigenvalue weighted by atomic mass is 10.2. The molecule has 0 saturated heterocycles. The van der Waals surface area contributed by atoms with Gasteiger partial charge < -0.3 is 4.74 Å². The number of methoxy groups -OCH3 is 1. The molecule has 0 aromatic carbocycles. The van der Waals surface area contributed by atoms with Gasteiger partial charge in [0.15, 0.2) is 0 Å². The van der Waals surface area contributed by atoms with Crippen LogP contribution in [0.3, 0.4) is 0 Å². The molecule has 1 atom stereocenters. The van der Waals surface area contributed by atoms with Crippen molar-refractivity contribution in [3.63, 3.8) is 0 Å². The smallest absolute Gasteiger partial charge is 0.0543 e. The van der Waals surface area contributed by atoms with Gasteiger partial charge in [-0.3, -0.25) is 0 Å². The van der Waals surface area contributed by atoms with E-state index in [2.05, 4.69) is 6.92 Å². The Hall–Kier alpha value is -0.0400. The molecule has 0 N–H and O–H groups in total. The summed E-state index contributed by atoms with van der Waals surface area (Å²) in [6.07, 6.45) is 2.42. The standard InChI is InChI=1S/C6H13O/c1-4-5-6(2)7-3/h6H,1,4-5H2,2-3H3. The zero-order valence-electron chi connectivity index (χ0n) is 5.11. The molecule has 1 heteroatoms. The van der Waals surface area contributed by atoms with Crippen LogP contribution in [0, 0.1) is 6.92 Å². The van der Waals surface area contributed by atoms with Crippen LogP contribution >= 0.6 is 0 Å². The fourth-order valence-electron chi connectivity index (χ4n) is 0.405. The summed E-state index contributed by atoms with van der Waals surface area (Å²) in [6, 6.07) is 0. The van der Waals surface area contributed by atoms with E-state index in [0.717, 1.165) is 12.8 Å². The first-order valence-electron chi connectivity index (χ1n) is 2.63. The largest absolute Gasteiger partial charge is 0.382 e. The van der Waals surface area contributed by atoms with Gasteiger partial charge in [0.25, 0.3) is 0 Å². The van der Waals surface area contributed by atoms with Gasteiger partial charge in [-0.15, -0.1) is 0 Å². The molecule has 0 amide bonds. The van der Waals surface area contributed by atoms with E-state index in [1.165, 1.54) is 0 Å². The quantitative estimate of drug-likeness (QED) is 0.525. The molecule has 1 unspecified atom stereocenters. The van der Waals surface area contributed by atoms with E-state index in [1.54, 1.807) is 7.11 Å². The van der Waals surface area contributed by atoms with Crippen molar-refractivity contribution in [1.29, 1.82) is 0 Å². The Balaban J connectivity index is 2.83. The van der Waals surface area contributed by atoms with Gasteiger partial charge in [-0.05, 0) is 13.3 Å². The number of hydrogen-bond acceptors (Lipinski definition) is 1. The lowest BCUT2D eigenvalue weighted by Gasteiger charge is -2.04. The highest BCUT2D eigenvalue weighted by atomic mass is 16.5. The molecule has 0 aromatic rings. The average Bonchev–Trinajstić information content (AvgIpc) is 1.68. The van der Waals surface area contributed by atoms with Gasteiger partial charge >= 0.3 is 0 Å². The van der Waals surface area contributed by atoms with Gasteiger partial charge in [0.1, 0.15) is 0 Å². The van der Waals surface area contributed by atoms with E-state index in [9.17, 15) is 0 Å². The Bertz CT molecular complexity index is 35.2. The zero-order chi connectivity index (χ0) is 5.70. The van der Waals surface area contributed by atoms with Crippen molar-refractivity contribution in [3.05, 3.63) is 6.92 Å². The van der Waals surface area contributed by atoms with Gasteiger partial charge in [-0.25, -0.2) is 0 Å². The second-order valence-corrected chi connectivity index (χ2v) is 1.69. The molecule has 0 spiro atoms. The van der Waals surface area contributed by atoms with E-state index in [0.29, 0.717) is 6.10 Å². The molecule has 1 radical (unpaired) electrons. The molecule has 0 aromatic heterocycles. The van der Waals surface area contributed by atoms with Crippen LogP contribution in [-0.4, -0.2) is 13.2 Å². The third-order valence-electron chi connectivity index (χ3n) is 1.01. The molecule has 43 valence electrons. The third kappa shape index (κ3) is 3.80. The summed E-state index contributed by atoms with van der Waals surface area (Å²) in [5.74, 6) is 0. The van der Waals surface area contributed by atoms with Crippen molar-refractivity contribution in [1.82, 2.24) is 0 Å². The Morgan fingerprint density at radius 2 is 2.29 bits per heavy atom.